The fraction of sp³-hybridized carbons (Fsp3) is 0.207. The van der Waals surface area contributed by atoms with Gasteiger partial charge in [0.2, 0.25) is 0 Å². The average Bonchev–Trinajstić information content (AvgIpc) is 3.40. The Morgan fingerprint density at radius 3 is 2.51 bits per heavy atom. The number of hydrogen-bond donors (Lipinski definition) is 1. The van der Waals surface area contributed by atoms with E-state index in [1.165, 1.54) is 7.11 Å². The van der Waals surface area contributed by atoms with Gasteiger partial charge in [-0.05, 0) is 92.6 Å². The van der Waals surface area contributed by atoms with E-state index in [9.17, 15) is 4.79 Å². The summed E-state index contributed by atoms with van der Waals surface area (Å²) in [5.74, 6) is -0.369. The van der Waals surface area contributed by atoms with Crippen molar-refractivity contribution in [2.45, 2.75) is 32.9 Å². The third kappa shape index (κ3) is 4.45. The van der Waals surface area contributed by atoms with Crippen molar-refractivity contribution in [1.29, 1.82) is 0 Å². The van der Waals surface area contributed by atoms with Crippen LogP contribution in [-0.2, 0) is 4.74 Å². The normalized spacial score (nSPS) is 17.1. The summed E-state index contributed by atoms with van der Waals surface area (Å²) in [7, 11) is 1.40. The number of methoxy groups -OCH3 is 1. The lowest BCUT2D eigenvalue weighted by atomic mass is 9.96. The lowest BCUT2D eigenvalue weighted by Gasteiger charge is -2.28. The van der Waals surface area contributed by atoms with Crippen molar-refractivity contribution < 1.29 is 9.53 Å². The molecule has 1 fully saturated rings. The predicted octanol–water partition coefficient (Wildman–Crippen LogP) is 6.52. The van der Waals surface area contributed by atoms with Crippen molar-refractivity contribution >= 4 is 44.9 Å². The lowest BCUT2D eigenvalue weighted by Crippen LogP contribution is -2.29. The molecule has 0 spiro atoms. The highest BCUT2D eigenvalue weighted by atomic mass is 79.9. The Labute approximate surface area is 230 Å². The standard InChI is InChI=1S/C29H27BrN4O2S/c1-17-15-20(12-13-23(17)30)34-27(26(32-29(34)37)24-10-7-8-14-31-24)22-16-18(2)33(19(22)3)25-11-6-5-9-21(25)28(35)36-4/h5-16,26-27H,1-4H3,(H,32,37)/t26-,27+/m0/s1. The number of pyridine rings is 1. The molecule has 6 nitrogen and oxygen atoms in total. The molecule has 1 N–H and O–H groups in total. The van der Waals surface area contributed by atoms with Crippen molar-refractivity contribution in [3.05, 3.63) is 111 Å². The van der Waals surface area contributed by atoms with E-state index in [4.69, 9.17) is 17.0 Å². The molecule has 37 heavy (non-hydrogen) atoms. The van der Waals surface area contributed by atoms with Crippen molar-refractivity contribution in [2.75, 3.05) is 12.0 Å². The number of thiocarbonyl (C=S) groups is 1. The van der Waals surface area contributed by atoms with E-state index >= 15 is 0 Å². The molecule has 0 radical (unpaired) electrons. The average molecular weight is 576 g/mol. The molecule has 4 aromatic rings. The van der Waals surface area contributed by atoms with Crippen LogP contribution >= 0.6 is 28.1 Å². The number of nitrogens with one attached hydrogen (secondary N) is 1. The third-order valence-corrected chi connectivity index (χ3v) is 8.06. The van der Waals surface area contributed by atoms with Crippen molar-refractivity contribution in [3.63, 3.8) is 0 Å². The summed E-state index contributed by atoms with van der Waals surface area (Å²) in [6, 6.07) is 21.6. The van der Waals surface area contributed by atoms with E-state index in [2.05, 4.69) is 74.7 Å². The summed E-state index contributed by atoms with van der Waals surface area (Å²) in [6.45, 7) is 6.20. The van der Waals surface area contributed by atoms with Gasteiger partial charge in [0.05, 0.1) is 36.1 Å². The van der Waals surface area contributed by atoms with Gasteiger partial charge in [0.25, 0.3) is 0 Å². The maximum Gasteiger partial charge on any atom is 0.339 e. The fourth-order valence-corrected chi connectivity index (χ4v) is 5.73. The number of nitrogens with zero attached hydrogens (tertiary/aromatic N) is 3. The number of benzene rings is 2. The summed E-state index contributed by atoms with van der Waals surface area (Å²) in [6.07, 6.45) is 1.81. The molecule has 0 aliphatic carbocycles. The van der Waals surface area contributed by atoms with E-state index in [1.807, 2.05) is 42.5 Å². The Kier molecular flexibility index (Phi) is 6.88. The second-order valence-corrected chi connectivity index (χ2v) is 10.3. The van der Waals surface area contributed by atoms with Crippen LogP contribution in [0.5, 0.6) is 0 Å². The van der Waals surface area contributed by atoms with E-state index in [-0.39, 0.29) is 18.1 Å². The summed E-state index contributed by atoms with van der Waals surface area (Å²) in [5, 5.41) is 4.18. The van der Waals surface area contributed by atoms with E-state index in [0.29, 0.717) is 10.7 Å². The van der Waals surface area contributed by atoms with Gasteiger partial charge >= 0.3 is 5.97 Å². The van der Waals surface area contributed by atoms with Crippen LogP contribution in [0.2, 0.25) is 0 Å². The molecule has 1 aliphatic rings. The number of halogens is 1. The van der Waals surface area contributed by atoms with Gasteiger partial charge in [0.15, 0.2) is 5.11 Å². The first-order chi connectivity index (χ1) is 17.8. The topological polar surface area (TPSA) is 59.4 Å². The summed E-state index contributed by atoms with van der Waals surface area (Å²) >= 11 is 9.53. The number of ether oxygens (including phenoxy) is 1. The molecule has 2 aromatic heterocycles. The summed E-state index contributed by atoms with van der Waals surface area (Å²) in [5.41, 5.74) is 7.45. The Balaban J connectivity index is 1.70. The molecule has 5 rings (SSSR count). The SMILES string of the molecule is COC(=O)c1ccccc1-n1c(C)cc([C@@H]2[C@H](c3ccccn3)NC(=S)N2c2ccc(Br)c(C)c2)c1C. The van der Waals surface area contributed by atoms with Crippen LogP contribution < -0.4 is 10.2 Å². The van der Waals surface area contributed by atoms with E-state index in [0.717, 1.165) is 44.1 Å². The summed E-state index contributed by atoms with van der Waals surface area (Å²) < 4.78 is 8.23. The highest BCUT2D eigenvalue weighted by molar-refractivity contribution is 9.10. The monoisotopic (exact) mass is 574 g/mol. The van der Waals surface area contributed by atoms with Crippen molar-refractivity contribution in [3.8, 4) is 5.69 Å². The zero-order chi connectivity index (χ0) is 26.3. The lowest BCUT2D eigenvalue weighted by molar-refractivity contribution is 0.0600. The first kappa shape index (κ1) is 25.2. The number of anilines is 1. The van der Waals surface area contributed by atoms with E-state index in [1.54, 1.807) is 12.3 Å². The Morgan fingerprint density at radius 1 is 1.05 bits per heavy atom. The first-order valence-electron chi connectivity index (χ1n) is 11.9. The number of aromatic nitrogens is 2. The van der Waals surface area contributed by atoms with Crippen molar-refractivity contribution in [2.24, 2.45) is 0 Å². The second-order valence-electron chi connectivity index (χ2n) is 9.10. The molecule has 0 unspecified atom stereocenters. The molecule has 188 valence electrons. The number of carbonyl (C=O) groups excluding carboxylic acids is 1. The van der Waals surface area contributed by atoms with Gasteiger partial charge in [-0.15, -0.1) is 0 Å². The van der Waals surface area contributed by atoms with Gasteiger partial charge in [-0.3, -0.25) is 4.98 Å². The maximum absolute atomic E-state index is 12.6. The Hall–Kier alpha value is -3.49. The highest BCUT2D eigenvalue weighted by Gasteiger charge is 2.42. The minimum Gasteiger partial charge on any atom is -0.465 e. The molecule has 0 amide bonds. The number of hydrogen-bond acceptors (Lipinski definition) is 4. The first-order valence-corrected chi connectivity index (χ1v) is 13.1. The molecule has 1 aliphatic heterocycles. The van der Waals surface area contributed by atoms with Crippen LogP contribution in [0.3, 0.4) is 0 Å². The fourth-order valence-electron chi connectivity index (χ4n) is 5.14. The quantitative estimate of drug-likeness (QED) is 0.216. The minimum absolute atomic E-state index is 0.159. The predicted molar refractivity (Wildman–Crippen MR) is 153 cm³/mol. The van der Waals surface area contributed by atoms with Crippen LogP contribution in [0.15, 0.2) is 77.4 Å². The molecule has 2 aromatic carbocycles. The number of aryl methyl sites for hydroxylation is 2. The molecular formula is C29H27BrN4O2S. The molecular weight excluding hydrogens is 548 g/mol. The molecule has 8 heteroatoms. The van der Waals surface area contributed by atoms with Gasteiger partial charge in [-0.2, -0.15) is 0 Å². The van der Waals surface area contributed by atoms with Crippen LogP contribution in [0.1, 0.15) is 50.7 Å². The number of para-hydroxylation sites is 1. The molecule has 0 saturated carbocycles. The van der Waals surface area contributed by atoms with Crippen LogP contribution in [0.4, 0.5) is 5.69 Å². The van der Waals surface area contributed by atoms with Gasteiger partial charge < -0.3 is 19.5 Å². The van der Waals surface area contributed by atoms with E-state index < -0.39 is 0 Å². The smallest absolute Gasteiger partial charge is 0.339 e. The maximum atomic E-state index is 12.6. The van der Waals surface area contributed by atoms with Crippen molar-refractivity contribution in [1.82, 2.24) is 14.9 Å². The van der Waals surface area contributed by atoms with Crippen LogP contribution in [-0.4, -0.2) is 27.7 Å². The number of esters is 1. The minimum atomic E-state index is -0.369. The number of rotatable bonds is 5. The van der Waals surface area contributed by atoms with Gasteiger partial charge in [-0.1, -0.05) is 34.1 Å². The Bertz CT molecular complexity index is 1500. The highest BCUT2D eigenvalue weighted by Crippen LogP contribution is 2.44. The molecule has 2 atom stereocenters. The Morgan fingerprint density at radius 2 is 1.81 bits per heavy atom. The largest absolute Gasteiger partial charge is 0.465 e. The molecule has 0 bridgehead atoms. The zero-order valence-electron chi connectivity index (χ0n) is 21.0. The zero-order valence-corrected chi connectivity index (χ0v) is 23.4. The van der Waals surface area contributed by atoms with Gasteiger partial charge in [0, 0.05) is 27.7 Å². The van der Waals surface area contributed by atoms with Crippen LogP contribution in [0, 0.1) is 20.8 Å². The third-order valence-electron chi connectivity index (χ3n) is 6.86. The second kappa shape index (κ2) is 10.1. The van der Waals surface area contributed by atoms with Gasteiger partial charge in [0.1, 0.15) is 0 Å². The van der Waals surface area contributed by atoms with Crippen LogP contribution in [0.25, 0.3) is 5.69 Å². The molecule has 3 heterocycles. The number of carbonyl (C=O) groups is 1. The summed E-state index contributed by atoms with van der Waals surface area (Å²) in [4.78, 5) is 19.4. The van der Waals surface area contributed by atoms with Gasteiger partial charge in [-0.25, -0.2) is 4.79 Å². The molecule has 1 saturated heterocycles.